The molecule has 3 aliphatic heterocycles. The lowest BCUT2D eigenvalue weighted by molar-refractivity contribution is -0.204. The van der Waals surface area contributed by atoms with Crippen molar-refractivity contribution in [1.29, 1.82) is 0 Å². The van der Waals surface area contributed by atoms with Gasteiger partial charge in [0.05, 0.1) is 5.56 Å². The third-order valence-corrected chi connectivity index (χ3v) is 6.16. The normalized spacial score (nSPS) is 31.6. The van der Waals surface area contributed by atoms with Gasteiger partial charge in [0.1, 0.15) is 24.9 Å². The van der Waals surface area contributed by atoms with Crippen LogP contribution in [0.1, 0.15) is 42.7 Å². The first-order chi connectivity index (χ1) is 15.0. The topological polar surface area (TPSA) is 75.6 Å². The third kappa shape index (κ3) is 3.11. The van der Waals surface area contributed by atoms with Crippen molar-refractivity contribution in [1.82, 2.24) is 0 Å². The molecule has 6 rings (SSSR count). The predicted molar refractivity (Wildman–Crippen MR) is 109 cm³/mol. The van der Waals surface area contributed by atoms with Crippen molar-refractivity contribution in [3.63, 3.8) is 0 Å². The van der Waals surface area contributed by atoms with Crippen LogP contribution in [-0.4, -0.2) is 36.0 Å². The van der Waals surface area contributed by atoms with Crippen molar-refractivity contribution in [2.45, 2.75) is 56.8 Å². The van der Waals surface area contributed by atoms with Gasteiger partial charge in [0.25, 0.3) is 0 Å². The van der Waals surface area contributed by atoms with Crippen LogP contribution < -0.4 is 14.2 Å². The van der Waals surface area contributed by atoms with E-state index in [1.165, 1.54) is 0 Å². The zero-order chi connectivity index (χ0) is 21.2. The van der Waals surface area contributed by atoms with E-state index in [1.807, 2.05) is 56.3 Å². The summed E-state index contributed by atoms with van der Waals surface area (Å²) in [5.41, 5.74) is 2.47. The highest BCUT2D eigenvalue weighted by Gasteiger charge is 2.52. The van der Waals surface area contributed by atoms with Gasteiger partial charge in [0.15, 0.2) is 23.6 Å². The standard InChI is InChI=1S/C24H24O7/c1-24(2)30-16-9-8-14-15-10-17-20(28-12-27-17)22(26-11-13-6-4-3-5-7-13)18(15)23(25)29-19(14)21(16)31-24/h3-10,14,16,19,21,23,25H,11-12H2,1-2H3/t14-,16+,19+,21+,23?/m0/s1. The number of hydrogen-bond donors (Lipinski definition) is 1. The first-order valence-electron chi connectivity index (χ1n) is 10.5. The fourth-order valence-corrected chi connectivity index (χ4v) is 4.87. The molecule has 7 nitrogen and oxygen atoms in total. The van der Waals surface area contributed by atoms with E-state index in [-0.39, 0.29) is 31.0 Å². The molecule has 1 unspecified atom stereocenters. The Morgan fingerprint density at radius 1 is 1.06 bits per heavy atom. The Morgan fingerprint density at radius 2 is 1.90 bits per heavy atom. The van der Waals surface area contributed by atoms with E-state index in [0.717, 1.165) is 11.1 Å². The molecule has 1 fully saturated rings. The minimum Gasteiger partial charge on any atom is -0.484 e. The predicted octanol–water partition coefficient (Wildman–Crippen LogP) is 3.56. The molecule has 7 heteroatoms. The first-order valence-corrected chi connectivity index (χ1v) is 10.5. The maximum Gasteiger partial charge on any atom is 0.231 e. The van der Waals surface area contributed by atoms with Crippen LogP contribution in [0.3, 0.4) is 0 Å². The summed E-state index contributed by atoms with van der Waals surface area (Å²) in [6, 6.07) is 11.8. The molecular formula is C24H24O7. The summed E-state index contributed by atoms with van der Waals surface area (Å²) in [6.45, 7) is 4.21. The van der Waals surface area contributed by atoms with Crippen LogP contribution >= 0.6 is 0 Å². The maximum atomic E-state index is 11.0. The molecule has 0 radical (unpaired) electrons. The molecule has 1 saturated heterocycles. The van der Waals surface area contributed by atoms with Gasteiger partial charge < -0.3 is 33.5 Å². The number of benzene rings is 2. The SMILES string of the molecule is CC1(C)O[C@H]2[C@@H]3OC(O)c4c(cc5c(c4OCc4ccccc4)OCO5)[C@@H]3C=C[C@H]2O1. The number of hydrogen-bond acceptors (Lipinski definition) is 7. The Labute approximate surface area is 180 Å². The highest BCUT2D eigenvalue weighted by atomic mass is 16.8. The number of aliphatic hydroxyl groups is 1. The lowest BCUT2D eigenvalue weighted by atomic mass is 9.79. The molecule has 1 aliphatic carbocycles. The summed E-state index contributed by atoms with van der Waals surface area (Å²) in [7, 11) is 0. The summed E-state index contributed by atoms with van der Waals surface area (Å²) in [6.07, 6.45) is 1.97. The van der Waals surface area contributed by atoms with Gasteiger partial charge in [-0.1, -0.05) is 42.5 Å². The number of fused-ring (bicyclic) bond motifs is 6. The van der Waals surface area contributed by atoms with Crippen LogP contribution in [0.4, 0.5) is 0 Å². The fourth-order valence-electron chi connectivity index (χ4n) is 4.87. The molecular weight excluding hydrogens is 400 g/mol. The molecule has 0 spiro atoms. The monoisotopic (exact) mass is 424 g/mol. The summed E-state index contributed by atoms with van der Waals surface area (Å²) >= 11 is 0. The summed E-state index contributed by atoms with van der Waals surface area (Å²) < 4.78 is 35.7. The van der Waals surface area contributed by atoms with E-state index in [9.17, 15) is 5.11 Å². The molecule has 2 aromatic carbocycles. The molecule has 31 heavy (non-hydrogen) atoms. The molecule has 162 valence electrons. The van der Waals surface area contributed by atoms with Crippen molar-refractivity contribution < 1.29 is 33.5 Å². The zero-order valence-corrected chi connectivity index (χ0v) is 17.3. The average Bonchev–Trinajstić information content (AvgIpc) is 3.35. The van der Waals surface area contributed by atoms with E-state index >= 15 is 0 Å². The van der Waals surface area contributed by atoms with Gasteiger partial charge in [-0.05, 0) is 31.0 Å². The largest absolute Gasteiger partial charge is 0.484 e. The van der Waals surface area contributed by atoms with Gasteiger partial charge in [0.2, 0.25) is 12.5 Å². The zero-order valence-electron chi connectivity index (χ0n) is 17.3. The van der Waals surface area contributed by atoms with Crippen LogP contribution in [-0.2, 0) is 20.8 Å². The smallest absolute Gasteiger partial charge is 0.231 e. The quantitative estimate of drug-likeness (QED) is 0.755. The number of rotatable bonds is 3. The lowest BCUT2D eigenvalue weighted by Crippen LogP contribution is -2.46. The fraction of sp³-hybridized carbons (Fsp3) is 0.417. The summed E-state index contributed by atoms with van der Waals surface area (Å²) in [5, 5.41) is 11.0. The lowest BCUT2D eigenvalue weighted by Gasteiger charge is -2.41. The van der Waals surface area contributed by atoms with E-state index < -0.39 is 12.1 Å². The van der Waals surface area contributed by atoms with Gasteiger partial charge >= 0.3 is 0 Å². The second-order valence-corrected chi connectivity index (χ2v) is 8.65. The van der Waals surface area contributed by atoms with Gasteiger partial charge in [-0.15, -0.1) is 0 Å². The van der Waals surface area contributed by atoms with Crippen molar-refractivity contribution in [2.75, 3.05) is 6.79 Å². The van der Waals surface area contributed by atoms with Crippen molar-refractivity contribution in [3.05, 3.63) is 65.2 Å². The van der Waals surface area contributed by atoms with Gasteiger partial charge in [0, 0.05) is 5.92 Å². The molecule has 4 aliphatic rings. The Kier molecular flexibility index (Phi) is 4.30. The Balaban J connectivity index is 1.41. The second-order valence-electron chi connectivity index (χ2n) is 8.65. The molecule has 0 amide bonds. The number of aliphatic hydroxyl groups excluding tert-OH is 1. The molecule has 5 atom stereocenters. The third-order valence-electron chi connectivity index (χ3n) is 6.16. The van der Waals surface area contributed by atoms with E-state index in [0.29, 0.717) is 29.4 Å². The highest BCUT2D eigenvalue weighted by Crippen LogP contribution is 2.54. The van der Waals surface area contributed by atoms with E-state index in [4.69, 9.17) is 28.4 Å². The van der Waals surface area contributed by atoms with Crippen LogP contribution in [0.25, 0.3) is 0 Å². The van der Waals surface area contributed by atoms with Crippen molar-refractivity contribution in [2.24, 2.45) is 0 Å². The Bertz CT molecular complexity index is 1030. The molecule has 2 aromatic rings. The summed E-state index contributed by atoms with van der Waals surface area (Å²) in [4.78, 5) is 0. The minimum atomic E-state index is -1.18. The van der Waals surface area contributed by atoms with Crippen LogP contribution in [0.5, 0.6) is 17.2 Å². The van der Waals surface area contributed by atoms with Gasteiger partial charge in [-0.2, -0.15) is 0 Å². The highest BCUT2D eigenvalue weighted by molar-refractivity contribution is 5.63. The summed E-state index contributed by atoms with van der Waals surface area (Å²) in [5.74, 6) is 0.719. The van der Waals surface area contributed by atoms with Crippen LogP contribution in [0.2, 0.25) is 0 Å². The Morgan fingerprint density at radius 3 is 2.74 bits per heavy atom. The van der Waals surface area contributed by atoms with E-state index in [1.54, 1.807) is 0 Å². The molecule has 1 N–H and O–H groups in total. The van der Waals surface area contributed by atoms with Gasteiger partial charge in [-0.25, -0.2) is 0 Å². The minimum absolute atomic E-state index is 0.108. The van der Waals surface area contributed by atoms with Crippen LogP contribution in [0.15, 0.2) is 48.6 Å². The van der Waals surface area contributed by atoms with Crippen molar-refractivity contribution in [3.8, 4) is 17.2 Å². The van der Waals surface area contributed by atoms with E-state index in [2.05, 4.69) is 6.08 Å². The van der Waals surface area contributed by atoms with Gasteiger partial charge in [-0.3, -0.25) is 0 Å². The molecule has 0 bridgehead atoms. The maximum absolute atomic E-state index is 11.0. The molecule has 3 heterocycles. The number of ether oxygens (including phenoxy) is 6. The average molecular weight is 424 g/mol. The van der Waals surface area contributed by atoms with Crippen molar-refractivity contribution >= 4 is 0 Å². The second kappa shape index (κ2) is 6.97. The first kappa shape index (κ1) is 19.1. The molecule has 0 saturated carbocycles. The Hall–Kier alpha value is -2.58. The molecule has 0 aromatic heterocycles. The van der Waals surface area contributed by atoms with Crippen LogP contribution in [0, 0.1) is 0 Å².